The minimum absolute atomic E-state index is 0.222. The van der Waals surface area contributed by atoms with Gasteiger partial charge in [0.1, 0.15) is 5.78 Å². The van der Waals surface area contributed by atoms with E-state index >= 15 is 0 Å². The van der Waals surface area contributed by atoms with Crippen molar-refractivity contribution < 1.29 is 14.7 Å². The summed E-state index contributed by atoms with van der Waals surface area (Å²) in [6.07, 6.45) is 23.1. The molecule has 0 aromatic carbocycles. The Labute approximate surface area is 169 Å². The first-order chi connectivity index (χ1) is 13.1. The Hall–Kier alpha value is -0.860. The number of carbonyl (C=O) groups excluding carboxylic acids is 1. The molecule has 0 saturated heterocycles. The fourth-order valence-electron chi connectivity index (χ4n) is 3.04. The van der Waals surface area contributed by atoms with Crippen molar-refractivity contribution >= 4 is 11.8 Å². The standard InChI is InChI=1S/C21H42O.C3H6O2/c1-3-5-7-9-11-13-15-17-19-21(22)20-18-16-14-12-10-8-6-4-2;1-2-3(4)5/h3-20H2,1-2H3;2H2,1H3,(H,4,5). The lowest BCUT2D eigenvalue weighted by Crippen LogP contribution is -1.97. The maximum Gasteiger partial charge on any atom is 0.303 e. The van der Waals surface area contributed by atoms with Crippen LogP contribution in [0.2, 0.25) is 0 Å². The first kappa shape index (κ1) is 28.4. The highest BCUT2D eigenvalue weighted by molar-refractivity contribution is 5.78. The molecule has 0 fully saturated rings. The Kier molecular flexibility index (Phi) is 26.4. The molecule has 3 heteroatoms. The fourth-order valence-corrected chi connectivity index (χ4v) is 3.04. The minimum atomic E-state index is -0.745. The van der Waals surface area contributed by atoms with Crippen LogP contribution in [0.5, 0.6) is 0 Å². The van der Waals surface area contributed by atoms with Crippen LogP contribution in [0.15, 0.2) is 0 Å². The summed E-state index contributed by atoms with van der Waals surface area (Å²) in [5.41, 5.74) is 0. The van der Waals surface area contributed by atoms with Gasteiger partial charge in [-0.05, 0) is 12.8 Å². The third kappa shape index (κ3) is 30.1. The molecule has 27 heavy (non-hydrogen) atoms. The lowest BCUT2D eigenvalue weighted by atomic mass is 10.0. The monoisotopic (exact) mass is 384 g/mol. The molecule has 0 rings (SSSR count). The molecule has 0 unspecified atom stereocenters. The molecular weight excluding hydrogens is 336 g/mol. The number of hydrogen-bond donors (Lipinski definition) is 1. The van der Waals surface area contributed by atoms with Crippen molar-refractivity contribution in [2.24, 2.45) is 0 Å². The molecule has 0 aliphatic heterocycles. The average Bonchev–Trinajstić information content (AvgIpc) is 2.66. The van der Waals surface area contributed by atoms with Crippen LogP contribution in [-0.4, -0.2) is 16.9 Å². The second-order valence-electron chi connectivity index (χ2n) is 7.74. The summed E-state index contributed by atoms with van der Waals surface area (Å²) >= 11 is 0. The quantitative estimate of drug-likeness (QED) is 0.229. The zero-order valence-corrected chi connectivity index (χ0v) is 18.7. The Balaban J connectivity index is 0. The number of aliphatic carboxylic acids is 1. The molecule has 0 amide bonds. The smallest absolute Gasteiger partial charge is 0.303 e. The normalized spacial score (nSPS) is 10.3. The zero-order valence-electron chi connectivity index (χ0n) is 18.7. The topological polar surface area (TPSA) is 54.4 Å². The largest absolute Gasteiger partial charge is 0.481 e. The van der Waals surface area contributed by atoms with Crippen molar-refractivity contribution in [1.82, 2.24) is 0 Å². The van der Waals surface area contributed by atoms with E-state index < -0.39 is 5.97 Å². The van der Waals surface area contributed by atoms with Crippen LogP contribution >= 0.6 is 0 Å². The molecule has 0 radical (unpaired) electrons. The summed E-state index contributed by atoms with van der Waals surface area (Å²) in [6, 6.07) is 0. The van der Waals surface area contributed by atoms with E-state index in [1.807, 2.05) is 0 Å². The maximum atomic E-state index is 11.8. The molecule has 0 aromatic heterocycles. The van der Waals surface area contributed by atoms with E-state index in [4.69, 9.17) is 5.11 Å². The van der Waals surface area contributed by atoms with Crippen molar-refractivity contribution in [3.05, 3.63) is 0 Å². The number of carboxylic acid groups (broad SMARTS) is 1. The van der Waals surface area contributed by atoms with Crippen molar-refractivity contribution in [3.8, 4) is 0 Å². The molecule has 0 heterocycles. The highest BCUT2D eigenvalue weighted by atomic mass is 16.4. The van der Waals surface area contributed by atoms with E-state index in [-0.39, 0.29) is 6.42 Å². The van der Waals surface area contributed by atoms with Gasteiger partial charge in [0.15, 0.2) is 0 Å². The number of Topliss-reactive ketones (excluding diaryl/α,β-unsaturated/α-hetero) is 1. The van der Waals surface area contributed by atoms with Gasteiger partial charge in [-0.15, -0.1) is 0 Å². The van der Waals surface area contributed by atoms with Gasteiger partial charge in [-0.25, -0.2) is 0 Å². The van der Waals surface area contributed by atoms with Gasteiger partial charge in [-0.3, -0.25) is 9.59 Å². The molecule has 0 atom stereocenters. The molecule has 0 aliphatic carbocycles. The average molecular weight is 385 g/mol. The van der Waals surface area contributed by atoms with Crippen LogP contribution in [0, 0.1) is 0 Å². The zero-order chi connectivity index (χ0) is 20.6. The number of carboxylic acids is 1. The second-order valence-corrected chi connectivity index (χ2v) is 7.74. The summed E-state index contributed by atoms with van der Waals surface area (Å²) in [7, 11) is 0. The number of hydrogen-bond acceptors (Lipinski definition) is 2. The molecule has 0 aromatic rings. The number of unbranched alkanes of at least 4 members (excludes halogenated alkanes) is 14. The minimum Gasteiger partial charge on any atom is -0.481 e. The lowest BCUT2D eigenvalue weighted by Gasteiger charge is -2.03. The third-order valence-corrected chi connectivity index (χ3v) is 4.92. The summed E-state index contributed by atoms with van der Waals surface area (Å²) in [5.74, 6) is -0.234. The molecule has 0 saturated carbocycles. The first-order valence-electron chi connectivity index (χ1n) is 11.8. The van der Waals surface area contributed by atoms with E-state index in [2.05, 4.69) is 13.8 Å². The van der Waals surface area contributed by atoms with Crippen molar-refractivity contribution in [1.29, 1.82) is 0 Å². The van der Waals surface area contributed by atoms with E-state index in [1.165, 1.54) is 89.9 Å². The maximum absolute atomic E-state index is 11.8. The third-order valence-electron chi connectivity index (χ3n) is 4.92. The molecule has 0 aliphatic rings. The van der Waals surface area contributed by atoms with Gasteiger partial charge < -0.3 is 5.11 Å². The van der Waals surface area contributed by atoms with Gasteiger partial charge in [0.2, 0.25) is 0 Å². The molecule has 0 bridgehead atoms. The van der Waals surface area contributed by atoms with Gasteiger partial charge >= 0.3 is 5.97 Å². The highest BCUT2D eigenvalue weighted by Gasteiger charge is 2.02. The highest BCUT2D eigenvalue weighted by Crippen LogP contribution is 2.13. The van der Waals surface area contributed by atoms with Gasteiger partial charge in [0, 0.05) is 19.3 Å². The summed E-state index contributed by atoms with van der Waals surface area (Å²) in [5, 5.41) is 7.72. The Morgan fingerprint density at radius 1 is 0.519 bits per heavy atom. The first-order valence-corrected chi connectivity index (χ1v) is 11.8. The van der Waals surface area contributed by atoms with Crippen LogP contribution in [-0.2, 0) is 9.59 Å². The van der Waals surface area contributed by atoms with Crippen molar-refractivity contribution in [3.63, 3.8) is 0 Å². The van der Waals surface area contributed by atoms with Crippen molar-refractivity contribution in [2.75, 3.05) is 0 Å². The lowest BCUT2D eigenvalue weighted by molar-refractivity contribution is -0.136. The van der Waals surface area contributed by atoms with Crippen LogP contribution < -0.4 is 0 Å². The Morgan fingerprint density at radius 3 is 1.04 bits per heavy atom. The van der Waals surface area contributed by atoms with Crippen LogP contribution in [0.25, 0.3) is 0 Å². The fraction of sp³-hybridized carbons (Fsp3) is 0.917. The van der Waals surface area contributed by atoms with Crippen LogP contribution in [0.3, 0.4) is 0 Å². The predicted octanol–water partition coefficient (Wildman–Crippen LogP) is 8.10. The van der Waals surface area contributed by atoms with Crippen LogP contribution in [0.4, 0.5) is 0 Å². The Morgan fingerprint density at radius 2 is 0.778 bits per heavy atom. The van der Waals surface area contributed by atoms with E-state index in [1.54, 1.807) is 6.92 Å². The SMILES string of the molecule is CCC(=O)O.CCCCCCCCCCC(=O)CCCCCCCCCC. The molecule has 0 spiro atoms. The van der Waals surface area contributed by atoms with E-state index in [0.29, 0.717) is 5.78 Å². The summed E-state index contributed by atoms with van der Waals surface area (Å²) in [6.45, 7) is 6.12. The van der Waals surface area contributed by atoms with Gasteiger partial charge in [-0.2, -0.15) is 0 Å². The second kappa shape index (κ2) is 25.1. The van der Waals surface area contributed by atoms with Gasteiger partial charge in [-0.1, -0.05) is 111 Å². The van der Waals surface area contributed by atoms with Crippen LogP contribution in [0.1, 0.15) is 143 Å². The molecule has 3 nitrogen and oxygen atoms in total. The number of rotatable bonds is 19. The molecular formula is C24H48O3. The summed E-state index contributed by atoms with van der Waals surface area (Å²) in [4.78, 5) is 21.2. The summed E-state index contributed by atoms with van der Waals surface area (Å²) < 4.78 is 0. The number of ketones is 1. The van der Waals surface area contributed by atoms with Gasteiger partial charge in [0.05, 0.1) is 0 Å². The van der Waals surface area contributed by atoms with E-state index in [9.17, 15) is 9.59 Å². The molecule has 1 N–H and O–H groups in total. The van der Waals surface area contributed by atoms with Crippen molar-refractivity contribution in [2.45, 2.75) is 143 Å². The van der Waals surface area contributed by atoms with E-state index in [0.717, 1.165) is 25.7 Å². The molecule has 162 valence electrons. The van der Waals surface area contributed by atoms with Gasteiger partial charge in [0.25, 0.3) is 0 Å². The number of carbonyl (C=O) groups is 2. The Bertz CT molecular complexity index is 291. The predicted molar refractivity (Wildman–Crippen MR) is 117 cm³/mol.